The fourth-order valence-corrected chi connectivity index (χ4v) is 3.32. The third-order valence-electron chi connectivity index (χ3n) is 4.87. The highest BCUT2D eigenvalue weighted by molar-refractivity contribution is 5.85. The Morgan fingerprint density at radius 3 is 2.50 bits per heavy atom. The van der Waals surface area contributed by atoms with Crippen molar-refractivity contribution in [1.29, 1.82) is 0 Å². The van der Waals surface area contributed by atoms with Crippen molar-refractivity contribution in [1.82, 2.24) is 19.9 Å². The summed E-state index contributed by atoms with van der Waals surface area (Å²) in [6.45, 7) is 2.24. The zero-order chi connectivity index (χ0) is 16.5. The number of aromatic nitrogens is 3. The van der Waals surface area contributed by atoms with Crippen molar-refractivity contribution in [3.63, 3.8) is 0 Å². The van der Waals surface area contributed by atoms with Gasteiger partial charge in [0.05, 0.1) is 24.3 Å². The number of aromatic amines is 1. The van der Waals surface area contributed by atoms with Gasteiger partial charge in [0.2, 0.25) is 0 Å². The van der Waals surface area contributed by atoms with Crippen LogP contribution in [0.2, 0.25) is 0 Å². The summed E-state index contributed by atoms with van der Waals surface area (Å²) in [4.78, 5) is 15.2. The zero-order valence-electron chi connectivity index (χ0n) is 15.0. The first kappa shape index (κ1) is 20.2. The molecule has 3 aromatic rings. The summed E-state index contributed by atoms with van der Waals surface area (Å²) in [6.07, 6.45) is 4.19. The molecule has 1 aliphatic rings. The minimum absolute atomic E-state index is 0. The smallest absolute Gasteiger partial charge is 0.132 e. The molecule has 0 atom stereocenters. The Morgan fingerprint density at radius 2 is 1.85 bits per heavy atom. The Morgan fingerprint density at radius 1 is 1.15 bits per heavy atom. The highest BCUT2D eigenvalue weighted by Gasteiger charge is 2.21. The van der Waals surface area contributed by atoms with Gasteiger partial charge in [-0.25, -0.2) is 9.97 Å². The number of H-pyrrole nitrogens is 1. The lowest BCUT2D eigenvalue weighted by atomic mass is 9.96. The standard InChI is InChI=1S/C19H22N4O.ClH.H2O/c1-23-9-7-14(8-10-23)19-20-12-18-17(22-19)11-16(21-18)13-3-5-15(24-2)6-4-13;;/h3-6,11-12,14,21H,7-10H2,1-2H3;1H;1H2. The molecule has 0 radical (unpaired) electrons. The van der Waals surface area contributed by atoms with Gasteiger partial charge in [-0.3, -0.25) is 0 Å². The van der Waals surface area contributed by atoms with Gasteiger partial charge < -0.3 is 20.1 Å². The number of ether oxygens (including phenoxy) is 1. The minimum atomic E-state index is 0. The van der Waals surface area contributed by atoms with E-state index in [1.807, 2.05) is 18.3 Å². The molecule has 0 spiro atoms. The lowest BCUT2D eigenvalue weighted by Gasteiger charge is -2.27. The van der Waals surface area contributed by atoms with Crippen molar-refractivity contribution in [3.05, 3.63) is 42.4 Å². The average molecular weight is 377 g/mol. The van der Waals surface area contributed by atoms with Crippen LogP contribution >= 0.6 is 12.4 Å². The van der Waals surface area contributed by atoms with Crippen LogP contribution in [-0.4, -0.2) is 52.6 Å². The van der Waals surface area contributed by atoms with Gasteiger partial charge in [0.25, 0.3) is 0 Å². The molecule has 3 N–H and O–H groups in total. The monoisotopic (exact) mass is 376 g/mol. The van der Waals surface area contributed by atoms with Crippen molar-refractivity contribution in [2.75, 3.05) is 27.2 Å². The second-order valence-corrected chi connectivity index (χ2v) is 6.52. The van der Waals surface area contributed by atoms with Gasteiger partial charge >= 0.3 is 0 Å². The molecule has 0 amide bonds. The topological polar surface area (TPSA) is 85.5 Å². The van der Waals surface area contributed by atoms with Crippen LogP contribution in [0.25, 0.3) is 22.3 Å². The van der Waals surface area contributed by atoms with Crippen LogP contribution in [0.4, 0.5) is 0 Å². The van der Waals surface area contributed by atoms with E-state index in [0.29, 0.717) is 5.92 Å². The van der Waals surface area contributed by atoms with Crippen molar-refractivity contribution in [3.8, 4) is 17.0 Å². The molecule has 1 saturated heterocycles. The molecular weight excluding hydrogens is 352 g/mol. The lowest BCUT2D eigenvalue weighted by Crippen LogP contribution is -2.29. The van der Waals surface area contributed by atoms with Crippen LogP contribution < -0.4 is 4.74 Å². The van der Waals surface area contributed by atoms with Gasteiger partial charge in [-0.2, -0.15) is 0 Å². The molecule has 1 aliphatic heterocycles. The molecule has 0 saturated carbocycles. The maximum atomic E-state index is 5.22. The van der Waals surface area contributed by atoms with Crippen LogP contribution in [0.3, 0.4) is 0 Å². The predicted octanol–water partition coefficient (Wildman–Crippen LogP) is 3.04. The van der Waals surface area contributed by atoms with Crippen molar-refractivity contribution >= 4 is 23.4 Å². The van der Waals surface area contributed by atoms with E-state index in [0.717, 1.165) is 59.8 Å². The first-order valence-corrected chi connectivity index (χ1v) is 8.41. The van der Waals surface area contributed by atoms with E-state index in [-0.39, 0.29) is 17.9 Å². The Kier molecular flexibility index (Phi) is 6.58. The fraction of sp³-hybridized carbons (Fsp3) is 0.368. The van der Waals surface area contributed by atoms with Crippen LogP contribution in [0.1, 0.15) is 24.6 Å². The number of hydrogen-bond acceptors (Lipinski definition) is 4. The summed E-state index contributed by atoms with van der Waals surface area (Å²) in [5.41, 5.74) is 4.15. The van der Waals surface area contributed by atoms with Crippen LogP contribution in [-0.2, 0) is 0 Å². The van der Waals surface area contributed by atoms with E-state index in [9.17, 15) is 0 Å². The van der Waals surface area contributed by atoms with Crippen molar-refractivity contribution in [2.24, 2.45) is 0 Å². The first-order chi connectivity index (χ1) is 11.7. The summed E-state index contributed by atoms with van der Waals surface area (Å²) >= 11 is 0. The van der Waals surface area contributed by atoms with Gasteiger partial charge in [-0.05, 0) is 68.9 Å². The van der Waals surface area contributed by atoms with Gasteiger partial charge in [0.15, 0.2) is 0 Å². The van der Waals surface area contributed by atoms with Gasteiger partial charge in [0, 0.05) is 11.6 Å². The molecule has 26 heavy (non-hydrogen) atoms. The molecule has 0 bridgehead atoms. The van der Waals surface area contributed by atoms with Crippen LogP contribution in [0.5, 0.6) is 5.75 Å². The number of fused-ring (bicyclic) bond motifs is 1. The summed E-state index contributed by atoms with van der Waals surface area (Å²) in [5, 5.41) is 0. The molecule has 2 aromatic heterocycles. The van der Waals surface area contributed by atoms with E-state index in [1.54, 1.807) is 7.11 Å². The maximum Gasteiger partial charge on any atom is 0.132 e. The Balaban J connectivity index is 0.00000121. The molecule has 1 aromatic carbocycles. The maximum absolute atomic E-state index is 5.22. The summed E-state index contributed by atoms with van der Waals surface area (Å²) in [5.74, 6) is 2.32. The molecule has 0 aliphatic carbocycles. The number of piperidine rings is 1. The third kappa shape index (κ3) is 3.98. The molecule has 0 unspecified atom stereocenters. The van der Waals surface area contributed by atoms with Gasteiger partial charge in [0.1, 0.15) is 11.6 Å². The summed E-state index contributed by atoms with van der Waals surface area (Å²) in [6, 6.07) is 10.1. The first-order valence-electron chi connectivity index (χ1n) is 8.41. The molecule has 3 heterocycles. The summed E-state index contributed by atoms with van der Waals surface area (Å²) in [7, 11) is 3.85. The number of nitrogens with zero attached hydrogens (tertiary/aromatic N) is 3. The predicted molar refractivity (Wildman–Crippen MR) is 106 cm³/mol. The minimum Gasteiger partial charge on any atom is -0.497 e. The average Bonchev–Trinajstić information content (AvgIpc) is 3.05. The number of nitrogens with one attached hydrogen (secondary N) is 1. The van der Waals surface area contributed by atoms with E-state index in [2.05, 4.69) is 40.1 Å². The molecule has 6 nitrogen and oxygen atoms in total. The van der Waals surface area contributed by atoms with Gasteiger partial charge in [-0.1, -0.05) is 0 Å². The van der Waals surface area contributed by atoms with E-state index in [1.165, 1.54) is 0 Å². The highest BCUT2D eigenvalue weighted by atomic mass is 35.5. The zero-order valence-corrected chi connectivity index (χ0v) is 15.8. The van der Waals surface area contributed by atoms with Crippen LogP contribution in [0, 0.1) is 0 Å². The van der Waals surface area contributed by atoms with Gasteiger partial charge in [-0.15, -0.1) is 12.4 Å². The number of halogens is 1. The fourth-order valence-electron chi connectivity index (χ4n) is 3.32. The van der Waals surface area contributed by atoms with E-state index >= 15 is 0 Å². The van der Waals surface area contributed by atoms with Crippen molar-refractivity contribution < 1.29 is 10.2 Å². The highest BCUT2D eigenvalue weighted by Crippen LogP contribution is 2.28. The third-order valence-corrected chi connectivity index (χ3v) is 4.87. The Bertz CT molecular complexity index is 842. The van der Waals surface area contributed by atoms with Crippen LogP contribution in [0.15, 0.2) is 36.5 Å². The molecular formula is C19H25ClN4O2. The number of benzene rings is 1. The summed E-state index contributed by atoms with van der Waals surface area (Å²) < 4.78 is 5.22. The normalized spacial score (nSPS) is 15.3. The number of likely N-dealkylation sites (tertiary alicyclic amines) is 1. The molecule has 4 rings (SSSR count). The Hall–Kier alpha value is -2.15. The molecule has 140 valence electrons. The molecule has 7 heteroatoms. The van der Waals surface area contributed by atoms with Crippen molar-refractivity contribution in [2.45, 2.75) is 18.8 Å². The van der Waals surface area contributed by atoms with E-state index < -0.39 is 0 Å². The Labute approximate surface area is 159 Å². The second-order valence-electron chi connectivity index (χ2n) is 6.52. The lowest BCUT2D eigenvalue weighted by molar-refractivity contribution is 0.251. The largest absolute Gasteiger partial charge is 0.497 e. The second kappa shape index (κ2) is 8.49. The SMILES string of the molecule is COc1ccc(-c2cc3nc(C4CCN(C)CC4)ncc3[nH]2)cc1.Cl.O. The number of rotatable bonds is 3. The number of hydrogen-bond donors (Lipinski definition) is 1. The number of methoxy groups -OCH3 is 1. The quantitative estimate of drug-likeness (QED) is 0.761. The van der Waals surface area contributed by atoms with E-state index in [4.69, 9.17) is 9.72 Å². The molecule has 1 fully saturated rings.